The van der Waals surface area contributed by atoms with Crippen LogP contribution < -0.4 is 20.9 Å². The molecule has 1 aliphatic carbocycles. The molecule has 2 aromatic rings. The number of nitrogens with zero attached hydrogens (tertiary/aromatic N) is 2. The summed E-state index contributed by atoms with van der Waals surface area (Å²) in [6.45, 7) is 3.28. The smallest absolute Gasteiger partial charge is 0.261 e. The van der Waals surface area contributed by atoms with Gasteiger partial charge in [0.25, 0.3) is 5.91 Å². The van der Waals surface area contributed by atoms with Crippen LogP contribution in [0, 0.1) is 0 Å². The number of benzene rings is 1. The number of hydrogen-bond donors (Lipinski definition) is 2. The molecule has 1 atom stereocenters. The summed E-state index contributed by atoms with van der Waals surface area (Å²) in [5.74, 6) is 0.815. The second kappa shape index (κ2) is 8.04. The van der Waals surface area contributed by atoms with Crippen LogP contribution in [-0.2, 0) is 4.74 Å². The van der Waals surface area contributed by atoms with E-state index in [1.54, 1.807) is 12.1 Å². The van der Waals surface area contributed by atoms with Crippen LogP contribution in [-0.4, -0.2) is 38.2 Å². The predicted octanol–water partition coefficient (Wildman–Crippen LogP) is 4.22. The van der Waals surface area contributed by atoms with E-state index in [1.807, 2.05) is 0 Å². The zero-order chi connectivity index (χ0) is 20.7. The van der Waals surface area contributed by atoms with Crippen LogP contribution in [0.1, 0.15) is 35.4 Å². The van der Waals surface area contributed by atoms with Crippen molar-refractivity contribution in [1.29, 1.82) is 0 Å². The number of allylic oxidation sites excluding steroid dienone is 1. The normalized spacial score (nSPS) is 20.6. The van der Waals surface area contributed by atoms with E-state index in [-0.39, 0.29) is 12.0 Å². The van der Waals surface area contributed by atoms with Crippen molar-refractivity contribution >= 4 is 45.9 Å². The zero-order valence-electron chi connectivity index (χ0n) is 16.7. The zero-order valence-corrected chi connectivity index (χ0v) is 18.3. The molecule has 1 saturated carbocycles. The molecule has 2 aliphatic heterocycles. The fourth-order valence-corrected chi connectivity index (χ4v) is 5.07. The minimum absolute atomic E-state index is 0.105. The van der Waals surface area contributed by atoms with Crippen LogP contribution in [0.25, 0.3) is 0 Å². The minimum atomic E-state index is -0.117. The monoisotopic (exact) mass is 444 g/mol. The van der Waals surface area contributed by atoms with Crippen LogP contribution in [0.3, 0.4) is 0 Å². The SMILES string of the molecule is Nc1cc(N2C[C@H](CNC(=O)c3ccc(Cl)s3)OC2=C2CC2)ccc1N1CCCC1. The van der Waals surface area contributed by atoms with E-state index in [2.05, 4.69) is 33.3 Å². The number of halogens is 1. The van der Waals surface area contributed by atoms with Gasteiger partial charge in [-0.3, -0.25) is 4.79 Å². The highest BCUT2D eigenvalue weighted by Gasteiger charge is 2.35. The largest absolute Gasteiger partial charge is 0.472 e. The molecule has 1 aromatic heterocycles. The summed E-state index contributed by atoms with van der Waals surface area (Å²) in [5.41, 5.74) is 10.7. The van der Waals surface area contributed by atoms with Crippen LogP contribution in [0.2, 0.25) is 4.34 Å². The van der Waals surface area contributed by atoms with Crippen LogP contribution in [0.15, 0.2) is 41.8 Å². The van der Waals surface area contributed by atoms with Gasteiger partial charge in [-0.1, -0.05) is 11.6 Å². The Morgan fingerprint density at radius 3 is 2.70 bits per heavy atom. The van der Waals surface area contributed by atoms with Gasteiger partial charge in [-0.15, -0.1) is 11.3 Å². The van der Waals surface area contributed by atoms with E-state index < -0.39 is 0 Å². The van der Waals surface area contributed by atoms with Gasteiger partial charge in [0.2, 0.25) is 0 Å². The standard InChI is InChI=1S/C22H25ClN4O2S/c23-20-8-7-19(30-20)21(28)25-12-16-13-27(22(29-16)14-3-4-14)15-5-6-18(17(24)11-15)26-9-1-2-10-26/h5-8,11,16H,1-4,9-10,12-13,24H2,(H,25,28)/t16-/m0/s1. The highest BCUT2D eigenvalue weighted by molar-refractivity contribution is 7.18. The molecule has 3 heterocycles. The number of rotatable bonds is 5. The Labute approximate surface area is 185 Å². The first-order valence-electron chi connectivity index (χ1n) is 10.4. The van der Waals surface area contributed by atoms with E-state index in [4.69, 9.17) is 22.1 Å². The van der Waals surface area contributed by atoms with Gasteiger partial charge in [-0.2, -0.15) is 0 Å². The van der Waals surface area contributed by atoms with Crippen molar-refractivity contribution in [2.75, 3.05) is 41.7 Å². The summed E-state index contributed by atoms with van der Waals surface area (Å²) < 4.78 is 6.84. The first-order chi connectivity index (χ1) is 14.6. The summed E-state index contributed by atoms with van der Waals surface area (Å²) in [6.07, 6.45) is 4.48. The Morgan fingerprint density at radius 1 is 1.23 bits per heavy atom. The van der Waals surface area contributed by atoms with Crippen molar-refractivity contribution in [3.05, 3.63) is 51.0 Å². The Morgan fingerprint density at radius 2 is 2.03 bits per heavy atom. The third kappa shape index (κ3) is 3.96. The molecule has 30 heavy (non-hydrogen) atoms. The number of nitrogens with two attached hydrogens (primary N) is 1. The molecule has 0 unspecified atom stereocenters. The average Bonchev–Trinajstić information content (AvgIpc) is 3.11. The highest BCUT2D eigenvalue weighted by atomic mass is 35.5. The molecule has 3 N–H and O–H groups in total. The van der Waals surface area contributed by atoms with Gasteiger partial charge in [0.1, 0.15) is 6.10 Å². The molecule has 3 aliphatic rings. The molecule has 1 aromatic carbocycles. The van der Waals surface area contributed by atoms with Gasteiger partial charge in [-0.05, 0) is 61.6 Å². The van der Waals surface area contributed by atoms with E-state index in [0.29, 0.717) is 22.3 Å². The summed E-state index contributed by atoms with van der Waals surface area (Å²) >= 11 is 7.21. The van der Waals surface area contributed by atoms with Crippen molar-refractivity contribution in [1.82, 2.24) is 5.32 Å². The maximum Gasteiger partial charge on any atom is 0.261 e. The quantitative estimate of drug-likeness (QED) is 0.675. The summed E-state index contributed by atoms with van der Waals surface area (Å²) in [7, 11) is 0. The van der Waals surface area contributed by atoms with Crippen molar-refractivity contribution in [3.8, 4) is 0 Å². The van der Waals surface area contributed by atoms with Crippen LogP contribution in [0.4, 0.5) is 17.1 Å². The molecule has 0 bridgehead atoms. The lowest BCUT2D eigenvalue weighted by atomic mass is 10.2. The molecule has 2 saturated heterocycles. The number of hydrogen-bond acceptors (Lipinski definition) is 6. The Kier molecular flexibility index (Phi) is 5.25. The molecule has 5 rings (SSSR count). The van der Waals surface area contributed by atoms with Gasteiger partial charge in [-0.25, -0.2) is 0 Å². The maximum absolute atomic E-state index is 12.3. The molecule has 8 heteroatoms. The van der Waals surface area contributed by atoms with Gasteiger partial charge < -0.3 is 25.6 Å². The van der Waals surface area contributed by atoms with Crippen LogP contribution >= 0.6 is 22.9 Å². The molecule has 3 fully saturated rings. The lowest BCUT2D eigenvalue weighted by Crippen LogP contribution is -2.34. The number of thiophene rings is 1. The number of ether oxygens (including phenoxy) is 1. The first-order valence-corrected chi connectivity index (χ1v) is 11.6. The van der Waals surface area contributed by atoms with Gasteiger partial charge in [0.15, 0.2) is 5.88 Å². The molecule has 1 amide bonds. The van der Waals surface area contributed by atoms with E-state index in [1.165, 1.54) is 29.8 Å². The number of carbonyl (C=O) groups is 1. The molecule has 6 nitrogen and oxygen atoms in total. The molecule has 158 valence electrons. The number of nitrogen functional groups attached to an aromatic ring is 1. The second-order valence-corrected chi connectivity index (χ2v) is 9.73. The lowest BCUT2D eigenvalue weighted by molar-refractivity contribution is 0.0922. The van der Waals surface area contributed by atoms with Crippen molar-refractivity contribution in [2.24, 2.45) is 0 Å². The van der Waals surface area contributed by atoms with Gasteiger partial charge >= 0.3 is 0 Å². The number of carbonyl (C=O) groups excluding carboxylic acids is 1. The summed E-state index contributed by atoms with van der Waals surface area (Å²) in [5, 5.41) is 2.97. The van der Waals surface area contributed by atoms with E-state index in [0.717, 1.165) is 48.9 Å². The molecular formula is C22H25ClN4O2S. The van der Waals surface area contributed by atoms with Crippen molar-refractivity contribution < 1.29 is 9.53 Å². The van der Waals surface area contributed by atoms with Crippen molar-refractivity contribution in [2.45, 2.75) is 31.8 Å². The van der Waals surface area contributed by atoms with Crippen LogP contribution in [0.5, 0.6) is 0 Å². The van der Waals surface area contributed by atoms with E-state index in [9.17, 15) is 4.79 Å². The molecule has 0 spiro atoms. The third-order valence-corrected chi connectivity index (χ3v) is 7.00. The van der Waals surface area contributed by atoms with E-state index >= 15 is 0 Å². The van der Waals surface area contributed by atoms with Gasteiger partial charge in [0.05, 0.1) is 33.7 Å². The number of nitrogens with one attached hydrogen (secondary N) is 1. The second-order valence-electron chi connectivity index (χ2n) is 8.01. The molecular weight excluding hydrogens is 420 g/mol. The average molecular weight is 445 g/mol. The third-order valence-electron chi connectivity index (χ3n) is 5.77. The highest BCUT2D eigenvalue weighted by Crippen LogP contribution is 2.40. The first kappa shape index (κ1) is 19.6. The Balaban J connectivity index is 1.28. The minimum Gasteiger partial charge on any atom is -0.472 e. The fourth-order valence-electron chi connectivity index (χ4n) is 4.11. The van der Waals surface area contributed by atoms with Crippen molar-refractivity contribution in [3.63, 3.8) is 0 Å². The Bertz CT molecular complexity index is 993. The van der Waals surface area contributed by atoms with Gasteiger partial charge in [0, 0.05) is 18.8 Å². The molecule has 0 radical (unpaired) electrons. The Hall–Kier alpha value is -2.38. The predicted molar refractivity (Wildman–Crippen MR) is 122 cm³/mol. The summed E-state index contributed by atoms with van der Waals surface area (Å²) in [6, 6.07) is 9.79. The lowest BCUT2D eigenvalue weighted by Gasteiger charge is -2.23. The number of anilines is 3. The topological polar surface area (TPSA) is 70.8 Å². The summed E-state index contributed by atoms with van der Waals surface area (Å²) in [4.78, 5) is 17.5. The maximum atomic E-state index is 12.3. The number of amides is 1. The fraction of sp³-hybridized carbons (Fsp3) is 0.409.